The smallest absolute Gasteiger partial charge is 0.241 e. The Kier molecular flexibility index (Phi) is 4.82. The number of imidazole rings is 1. The first-order chi connectivity index (χ1) is 13.3. The van der Waals surface area contributed by atoms with Crippen molar-refractivity contribution in [2.75, 3.05) is 6.54 Å². The van der Waals surface area contributed by atoms with E-state index in [-0.39, 0.29) is 6.54 Å². The van der Waals surface area contributed by atoms with Crippen LogP contribution in [0.3, 0.4) is 0 Å². The molecule has 7 nitrogen and oxygen atoms in total. The highest BCUT2D eigenvalue weighted by molar-refractivity contribution is 7.89. The molecule has 3 aromatic heterocycles. The minimum atomic E-state index is -3.60. The molecule has 4 rings (SSSR count). The molecule has 0 fully saturated rings. The largest absolute Gasteiger partial charge is 0.342 e. The van der Waals surface area contributed by atoms with Crippen LogP contribution in [0, 0.1) is 20.8 Å². The maximum Gasteiger partial charge on any atom is 0.241 e. The molecule has 146 valence electrons. The van der Waals surface area contributed by atoms with Crippen LogP contribution in [0.15, 0.2) is 35.2 Å². The second kappa shape index (κ2) is 7.16. The van der Waals surface area contributed by atoms with E-state index in [1.807, 2.05) is 45.0 Å². The molecule has 0 atom stereocenters. The molecule has 28 heavy (non-hydrogen) atoms. The van der Waals surface area contributed by atoms with E-state index in [2.05, 4.69) is 24.9 Å². The topological polar surface area (TPSA) is 104 Å². The second-order valence-corrected chi connectivity index (χ2v) is 9.81. The molecule has 0 radical (unpaired) electrons. The highest BCUT2D eigenvalue weighted by Gasteiger charge is 2.21. The number of aromatic amines is 2. The van der Waals surface area contributed by atoms with Gasteiger partial charge in [-0.25, -0.2) is 18.1 Å². The summed E-state index contributed by atoms with van der Waals surface area (Å²) in [7, 11) is -3.60. The lowest BCUT2D eigenvalue weighted by Crippen LogP contribution is -2.26. The van der Waals surface area contributed by atoms with Crippen LogP contribution in [0.25, 0.3) is 21.6 Å². The summed E-state index contributed by atoms with van der Waals surface area (Å²) in [6, 6.07) is 9.58. The van der Waals surface area contributed by atoms with E-state index in [1.54, 1.807) is 6.07 Å². The third-order valence-corrected chi connectivity index (χ3v) is 7.25. The summed E-state index contributed by atoms with van der Waals surface area (Å²) < 4.78 is 28.2. The number of hydrogen-bond donors (Lipinski definition) is 3. The monoisotopic (exact) mass is 415 g/mol. The molecule has 3 heterocycles. The fourth-order valence-corrected chi connectivity index (χ4v) is 5.66. The fraction of sp³-hybridized carbons (Fsp3) is 0.263. The highest BCUT2D eigenvalue weighted by atomic mass is 32.2. The standard InChI is InChI=1S/C19H21N5O2S2/c1-11-4-5-14-15(8-11)22-19(21-14)6-7-20-28(25,26)18-10-17(27-13(18)3)16-9-12(2)23-24-16/h4-5,8-10,20H,6-7H2,1-3H3,(H,21,22)(H,23,24). The summed E-state index contributed by atoms with van der Waals surface area (Å²) in [6.07, 6.45) is 0.488. The van der Waals surface area contributed by atoms with Crippen LogP contribution in [-0.4, -0.2) is 35.1 Å². The number of aromatic nitrogens is 4. The summed E-state index contributed by atoms with van der Waals surface area (Å²) in [4.78, 5) is 9.62. The summed E-state index contributed by atoms with van der Waals surface area (Å²) in [5.41, 5.74) is 4.69. The average molecular weight is 416 g/mol. The van der Waals surface area contributed by atoms with Crippen molar-refractivity contribution >= 4 is 32.4 Å². The van der Waals surface area contributed by atoms with E-state index in [9.17, 15) is 8.42 Å². The third-order valence-electron chi connectivity index (χ3n) is 4.46. The molecule has 1 aromatic carbocycles. The molecule has 0 aliphatic rings. The predicted octanol–water partition coefficient (Wildman–Crippen LogP) is 3.46. The molecule has 9 heteroatoms. The number of thiophene rings is 1. The Morgan fingerprint density at radius 3 is 2.71 bits per heavy atom. The number of hydrogen-bond acceptors (Lipinski definition) is 5. The van der Waals surface area contributed by atoms with Gasteiger partial charge in [-0.2, -0.15) is 5.10 Å². The van der Waals surface area contributed by atoms with Crippen molar-refractivity contribution in [3.63, 3.8) is 0 Å². The first-order valence-electron chi connectivity index (χ1n) is 8.89. The Hall–Kier alpha value is -2.49. The molecule has 4 aromatic rings. The van der Waals surface area contributed by atoms with Gasteiger partial charge < -0.3 is 4.98 Å². The molecule has 0 saturated carbocycles. The van der Waals surface area contributed by atoms with Gasteiger partial charge in [0.25, 0.3) is 0 Å². The number of aryl methyl sites for hydroxylation is 3. The zero-order valence-corrected chi connectivity index (χ0v) is 17.5. The van der Waals surface area contributed by atoms with Crippen molar-refractivity contribution < 1.29 is 8.42 Å². The normalized spacial score (nSPS) is 12.1. The van der Waals surface area contributed by atoms with Gasteiger partial charge >= 0.3 is 0 Å². The minimum absolute atomic E-state index is 0.271. The lowest BCUT2D eigenvalue weighted by molar-refractivity contribution is 0.581. The Bertz CT molecular complexity index is 1250. The molecule has 0 saturated heterocycles. The van der Waals surface area contributed by atoms with Crippen LogP contribution in [0.5, 0.6) is 0 Å². The lowest BCUT2D eigenvalue weighted by Gasteiger charge is -2.05. The van der Waals surface area contributed by atoms with Crippen LogP contribution >= 0.6 is 11.3 Å². The summed E-state index contributed by atoms with van der Waals surface area (Å²) in [6.45, 7) is 6.02. The van der Waals surface area contributed by atoms with Gasteiger partial charge in [-0.05, 0) is 50.6 Å². The van der Waals surface area contributed by atoms with Crippen molar-refractivity contribution in [1.29, 1.82) is 0 Å². The maximum atomic E-state index is 12.7. The SMILES string of the molecule is Cc1ccc2nc(CCNS(=O)(=O)c3cc(-c4cc(C)[nH]n4)sc3C)[nH]c2c1. The van der Waals surface area contributed by atoms with Crippen molar-refractivity contribution in [1.82, 2.24) is 24.9 Å². The van der Waals surface area contributed by atoms with Gasteiger partial charge in [0.05, 0.1) is 20.8 Å². The van der Waals surface area contributed by atoms with E-state index in [0.29, 0.717) is 11.3 Å². The van der Waals surface area contributed by atoms with Gasteiger partial charge in [0.15, 0.2) is 0 Å². The molecular weight excluding hydrogens is 394 g/mol. The van der Waals surface area contributed by atoms with Gasteiger partial charge in [-0.15, -0.1) is 11.3 Å². The Balaban J connectivity index is 1.47. The van der Waals surface area contributed by atoms with Crippen molar-refractivity contribution in [2.24, 2.45) is 0 Å². The van der Waals surface area contributed by atoms with E-state index in [4.69, 9.17) is 0 Å². The number of nitrogens with one attached hydrogen (secondary N) is 3. The van der Waals surface area contributed by atoms with Crippen LogP contribution in [0.1, 0.15) is 22.0 Å². The van der Waals surface area contributed by atoms with Crippen molar-refractivity contribution in [3.8, 4) is 10.6 Å². The van der Waals surface area contributed by atoms with Gasteiger partial charge in [-0.1, -0.05) is 6.07 Å². The molecule has 0 unspecified atom stereocenters. The van der Waals surface area contributed by atoms with Gasteiger partial charge in [0.1, 0.15) is 11.5 Å². The Morgan fingerprint density at radius 2 is 1.96 bits per heavy atom. The summed E-state index contributed by atoms with van der Waals surface area (Å²) in [5, 5.41) is 7.09. The molecule has 3 N–H and O–H groups in total. The van der Waals surface area contributed by atoms with Crippen molar-refractivity contribution in [2.45, 2.75) is 32.1 Å². The highest BCUT2D eigenvalue weighted by Crippen LogP contribution is 2.32. The van der Waals surface area contributed by atoms with Crippen LogP contribution < -0.4 is 4.72 Å². The molecule has 0 aliphatic carbocycles. The second-order valence-electron chi connectivity index (χ2n) is 6.82. The van der Waals surface area contributed by atoms with E-state index >= 15 is 0 Å². The zero-order valence-electron chi connectivity index (χ0n) is 15.8. The van der Waals surface area contributed by atoms with Crippen molar-refractivity contribution in [3.05, 3.63) is 52.3 Å². The predicted molar refractivity (Wildman–Crippen MR) is 111 cm³/mol. The van der Waals surface area contributed by atoms with Gasteiger partial charge in [-0.3, -0.25) is 5.10 Å². The van der Waals surface area contributed by atoms with Crippen LogP contribution in [0.4, 0.5) is 0 Å². The number of rotatable bonds is 6. The lowest BCUT2D eigenvalue weighted by atomic mass is 10.2. The zero-order chi connectivity index (χ0) is 19.9. The Morgan fingerprint density at radius 1 is 1.14 bits per heavy atom. The molecule has 0 spiro atoms. The van der Waals surface area contributed by atoms with E-state index < -0.39 is 10.0 Å². The molecule has 0 bridgehead atoms. The number of sulfonamides is 1. The number of H-pyrrole nitrogens is 2. The fourth-order valence-electron chi connectivity index (χ4n) is 3.08. The molecular formula is C19H21N5O2S2. The third kappa shape index (κ3) is 3.73. The maximum absolute atomic E-state index is 12.7. The first-order valence-corrected chi connectivity index (χ1v) is 11.2. The van der Waals surface area contributed by atoms with Gasteiger partial charge in [0, 0.05) is 23.5 Å². The van der Waals surface area contributed by atoms with Crippen LogP contribution in [0.2, 0.25) is 0 Å². The van der Waals surface area contributed by atoms with E-state index in [0.717, 1.165) is 43.6 Å². The van der Waals surface area contributed by atoms with Crippen LogP contribution in [-0.2, 0) is 16.4 Å². The van der Waals surface area contributed by atoms with E-state index in [1.165, 1.54) is 11.3 Å². The summed E-state index contributed by atoms with van der Waals surface area (Å²) >= 11 is 1.42. The molecule has 0 amide bonds. The summed E-state index contributed by atoms with van der Waals surface area (Å²) in [5.74, 6) is 0.762. The first kappa shape index (κ1) is 18.9. The van der Waals surface area contributed by atoms with Gasteiger partial charge in [0.2, 0.25) is 10.0 Å². The average Bonchev–Trinajstić information content (AvgIpc) is 3.32. The molecule has 0 aliphatic heterocycles. The quantitative estimate of drug-likeness (QED) is 0.449. The number of nitrogens with zero attached hydrogens (tertiary/aromatic N) is 2. The number of benzene rings is 1. The number of fused-ring (bicyclic) bond motifs is 1. The Labute approximate surface area is 167 Å². The minimum Gasteiger partial charge on any atom is -0.342 e.